The Balaban J connectivity index is 2.16. The molecule has 1 aliphatic heterocycles. The number of benzene rings is 1. The van der Waals surface area contributed by atoms with E-state index in [1.807, 2.05) is 0 Å². The van der Waals surface area contributed by atoms with E-state index in [0.717, 1.165) is 6.07 Å². The molecule has 1 aromatic rings. The van der Waals surface area contributed by atoms with E-state index in [2.05, 4.69) is 0 Å². The number of halogens is 2. The van der Waals surface area contributed by atoms with E-state index >= 15 is 0 Å². The SMILES string of the molecule is CC1CN(C(=O)c2ccc(Cl)c(F)c2)CCC1=O. The van der Waals surface area contributed by atoms with E-state index in [-0.39, 0.29) is 28.2 Å². The van der Waals surface area contributed by atoms with Crippen LogP contribution in [0.5, 0.6) is 0 Å². The van der Waals surface area contributed by atoms with E-state index in [4.69, 9.17) is 11.6 Å². The van der Waals surface area contributed by atoms with E-state index in [1.165, 1.54) is 12.1 Å². The van der Waals surface area contributed by atoms with Gasteiger partial charge in [-0.2, -0.15) is 0 Å². The first kappa shape index (κ1) is 13.0. The van der Waals surface area contributed by atoms with Gasteiger partial charge in [0.2, 0.25) is 0 Å². The van der Waals surface area contributed by atoms with Crippen LogP contribution in [0.2, 0.25) is 5.02 Å². The summed E-state index contributed by atoms with van der Waals surface area (Å²) in [4.78, 5) is 25.1. The zero-order chi connectivity index (χ0) is 13.3. The molecule has 1 unspecified atom stereocenters. The summed E-state index contributed by atoms with van der Waals surface area (Å²) in [5.74, 6) is -0.852. The number of rotatable bonds is 1. The normalized spacial score (nSPS) is 20.1. The van der Waals surface area contributed by atoms with Crippen molar-refractivity contribution in [3.8, 4) is 0 Å². The van der Waals surface area contributed by atoms with Crippen molar-refractivity contribution < 1.29 is 14.0 Å². The van der Waals surface area contributed by atoms with Gasteiger partial charge in [-0.1, -0.05) is 18.5 Å². The summed E-state index contributed by atoms with van der Waals surface area (Å²) in [7, 11) is 0. The van der Waals surface area contributed by atoms with Crippen LogP contribution in [0.1, 0.15) is 23.7 Å². The Morgan fingerprint density at radius 1 is 1.50 bits per heavy atom. The highest BCUT2D eigenvalue weighted by Gasteiger charge is 2.27. The van der Waals surface area contributed by atoms with E-state index in [1.54, 1.807) is 11.8 Å². The standard InChI is InChI=1S/C13H13ClFNO2/c1-8-7-16(5-4-12(8)17)13(18)9-2-3-10(14)11(15)6-9/h2-3,6,8H,4-5,7H2,1H3. The van der Waals surface area contributed by atoms with Crippen molar-refractivity contribution in [2.75, 3.05) is 13.1 Å². The number of nitrogens with zero attached hydrogens (tertiary/aromatic N) is 1. The lowest BCUT2D eigenvalue weighted by Gasteiger charge is -2.30. The summed E-state index contributed by atoms with van der Waals surface area (Å²) in [5, 5.41) is -0.00580. The molecule has 0 aliphatic carbocycles. The maximum absolute atomic E-state index is 13.3. The van der Waals surface area contributed by atoms with Crippen molar-refractivity contribution in [1.82, 2.24) is 4.90 Å². The van der Waals surface area contributed by atoms with Gasteiger partial charge in [-0.15, -0.1) is 0 Å². The van der Waals surface area contributed by atoms with Crippen LogP contribution in [-0.4, -0.2) is 29.7 Å². The van der Waals surface area contributed by atoms with Crippen LogP contribution >= 0.6 is 11.6 Å². The molecule has 1 atom stereocenters. The Morgan fingerprint density at radius 2 is 2.22 bits per heavy atom. The summed E-state index contributed by atoms with van der Waals surface area (Å²) >= 11 is 5.57. The minimum Gasteiger partial charge on any atom is -0.337 e. The highest BCUT2D eigenvalue weighted by molar-refractivity contribution is 6.30. The van der Waals surface area contributed by atoms with Gasteiger partial charge in [-0.05, 0) is 18.2 Å². The highest BCUT2D eigenvalue weighted by Crippen LogP contribution is 2.19. The van der Waals surface area contributed by atoms with E-state index in [0.29, 0.717) is 19.5 Å². The third-order valence-corrected chi connectivity index (χ3v) is 3.43. The second-order valence-electron chi connectivity index (χ2n) is 4.50. The third-order valence-electron chi connectivity index (χ3n) is 3.13. The third kappa shape index (κ3) is 2.53. The second-order valence-corrected chi connectivity index (χ2v) is 4.90. The number of carbonyl (C=O) groups excluding carboxylic acids is 2. The van der Waals surface area contributed by atoms with Crippen molar-refractivity contribution in [3.63, 3.8) is 0 Å². The van der Waals surface area contributed by atoms with Gasteiger partial charge < -0.3 is 4.90 Å². The fourth-order valence-electron chi connectivity index (χ4n) is 2.01. The average Bonchev–Trinajstić information content (AvgIpc) is 2.35. The average molecular weight is 270 g/mol. The fraction of sp³-hybridized carbons (Fsp3) is 0.385. The summed E-state index contributed by atoms with van der Waals surface area (Å²) < 4.78 is 13.3. The van der Waals surface area contributed by atoms with Gasteiger partial charge in [0.25, 0.3) is 5.91 Å². The Kier molecular flexibility index (Phi) is 3.66. The van der Waals surface area contributed by atoms with Crippen molar-refractivity contribution in [2.24, 2.45) is 5.92 Å². The van der Waals surface area contributed by atoms with Crippen LogP contribution in [0.25, 0.3) is 0 Å². The number of amides is 1. The van der Waals surface area contributed by atoms with Crippen molar-refractivity contribution in [1.29, 1.82) is 0 Å². The molecule has 0 N–H and O–H groups in total. The van der Waals surface area contributed by atoms with E-state index < -0.39 is 5.82 Å². The maximum Gasteiger partial charge on any atom is 0.253 e. The number of Topliss-reactive ketones (excluding diaryl/α,β-unsaturated/α-hetero) is 1. The van der Waals surface area contributed by atoms with Crippen LogP contribution in [0, 0.1) is 11.7 Å². The molecule has 0 spiro atoms. The molecular formula is C13H13ClFNO2. The zero-order valence-electron chi connectivity index (χ0n) is 9.95. The van der Waals surface area contributed by atoms with Gasteiger partial charge in [0.05, 0.1) is 5.02 Å². The molecule has 1 amide bonds. The first-order valence-corrected chi connectivity index (χ1v) is 6.14. The smallest absolute Gasteiger partial charge is 0.253 e. The largest absolute Gasteiger partial charge is 0.337 e. The van der Waals surface area contributed by atoms with Crippen LogP contribution in [0.3, 0.4) is 0 Å². The predicted molar refractivity (Wildman–Crippen MR) is 66.1 cm³/mol. The minimum atomic E-state index is -0.608. The molecule has 0 radical (unpaired) electrons. The maximum atomic E-state index is 13.3. The Hall–Kier alpha value is -1.42. The molecule has 1 heterocycles. The van der Waals surface area contributed by atoms with Crippen LogP contribution < -0.4 is 0 Å². The highest BCUT2D eigenvalue weighted by atomic mass is 35.5. The molecule has 96 valence electrons. The molecule has 1 aromatic carbocycles. The molecular weight excluding hydrogens is 257 g/mol. The van der Waals surface area contributed by atoms with Crippen LogP contribution in [-0.2, 0) is 4.79 Å². The molecule has 18 heavy (non-hydrogen) atoms. The Morgan fingerprint density at radius 3 is 2.83 bits per heavy atom. The molecule has 1 aliphatic rings. The zero-order valence-corrected chi connectivity index (χ0v) is 10.7. The van der Waals surface area contributed by atoms with Gasteiger partial charge in [0.15, 0.2) is 0 Å². The van der Waals surface area contributed by atoms with E-state index in [9.17, 15) is 14.0 Å². The quantitative estimate of drug-likeness (QED) is 0.786. The molecule has 1 saturated heterocycles. The van der Waals surface area contributed by atoms with Crippen molar-refractivity contribution in [3.05, 3.63) is 34.6 Å². The molecule has 0 aromatic heterocycles. The fourth-order valence-corrected chi connectivity index (χ4v) is 2.13. The topological polar surface area (TPSA) is 37.4 Å². The van der Waals surface area contributed by atoms with Gasteiger partial charge >= 0.3 is 0 Å². The molecule has 0 bridgehead atoms. The summed E-state index contributed by atoms with van der Waals surface area (Å²) in [5.41, 5.74) is 0.262. The molecule has 0 saturated carbocycles. The van der Waals surface area contributed by atoms with Gasteiger partial charge in [-0.25, -0.2) is 4.39 Å². The molecule has 2 rings (SSSR count). The first-order valence-electron chi connectivity index (χ1n) is 5.76. The number of carbonyl (C=O) groups is 2. The number of piperidine rings is 1. The number of ketones is 1. The predicted octanol–water partition coefficient (Wildman–Crippen LogP) is 2.53. The van der Waals surface area contributed by atoms with Gasteiger partial charge in [0.1, 0.15) is 11.6 Å². The Bertz CT molecular complexity index is 504. The summed E-state index contributed by atoms with van der Waals surface area (Å²) in [6.07, 6.45) is 0.364. The van der Waals surface area contributed by atoms with Crippen molar-refractivity contribution >= 4 is 23.3 Å². The second kappa shape index (κ2) is 5.06. The Labute approximate surface area is 110 Å². The van der Waals surface area contributed by atoms with Crippen LogP contribution in [0.15, 0.2) is 18.2 Å². The number of hydrogen-bond acceptors (Lipinski definition) is 2. The van der Waals surface area contributed by atoms with Gasteiger partial charge in [0, 0.05) is 31.0 Å². The lowest BCUT2D eigenvalue weighted by Crippen LogP contribution is -2.43. The summed E-state index contributed by atoms with van der Waals surface area (Å²) in [6, 6.07) is 3.99. The first-order chi connectivity index (χ1) is 8.49. The van der Waals surface area contributed by atoms with Crippen LogP contribution in [0.4, 0.5) is 4.39 Å². The van der Waals surface area contributed by atoms with Crippen molar-refractivity contribution in [2.45, 2.75) is 13.3 Å². The number of hydrogen-bond donors (Lipinski definition) is 0. The molecule has 1 fully saturated rings. The minimum absolute atomic E-state index is 0.00580. The monoisotopic (exact) mass is 269 g/mol. The lowest BCUT2D eigenvalue weighted by molar-refractivity contribution is -0.124. The molecule has 5 heteroatoms. The summed E-state index contributed by atoms with van der Waals surface area (Å²) in [6.45, 7) is 2.58. The lowest BCUT2D eigenvalue weighted by atomic mass is 9.98. The molecule has 3 nitrogen and oxygen atoms in total. The van der Waals surface area contributed by atoms with Gasteiger partial charge in [-0.3, -0.25) is 9.59 Å². The number of likely N-dealkylation sites (tertiary alicyclic amines) is 1.